The van der Waals surface area contributed by atoms with Crippen LogP contribution < -0.4 is 10.5 Å². The average molecular weight is 249 g/mol. The molecule has 0 spiro atoms. The fraction of sp³-hybridized carbons (Fsp3) is 0.500. The summed E-state index contributed by atoms with van der Waals surface area (Å²) in [6.45, 7) is 5.47. The number of nitrogens with two attached hydrogens (primary N) is 1. The molecule has 0 saturated carbocycles. The van der Waals surface area contributed by atoms with Gasteiger partial charge in [0.1, 0.15) is 5.75 Å². The highest BCUT2D eigenvalue weighted by Gasteiger charge is 2.02. The fourth-order valence-corrected chi connectivity index (χ4v) is 1.60. The van der Waals surface area contributed by atoms with Gasteiger partial charge >= 0.3 is 0 Å². The molecule has 0 atom stereocenters. The van der Waals surface area contributed by atoms with Crippen molar-refractivity contribution in [1.82, 2.24) is 4.90 Å². The molecule has 1 aromatic rings. The summed E-state index contributed by atoms with van der Waals surface area (Å²) in [6, 6.07) is 6.16. The lowest BCUT2D eigenvalue weighted by Gasteiger charge is -2.12. The average Bonchev–Trinajstić information content (AvgIpc) is 2.31. The van der Waals surface area contributed by atoms with Gasteiger partial charge in [-0.1, -0.05) is 18.2 Å². The topological polar surface area (TPSA) is 50.9 Å². The second kappa shape index (κ2) is 6.89. The predicted octanol–water partition coefficient (Wildman–Crippen LogP) is 1.95. The van der Waals surface area contributed by atoms with Crippen molar-refractivity contribution in [2.45, 2.75) is 20.3 Å². The van der Waals surface area contributed by atoms with Gasteiger partial charge in [-0.3, -0.25) is 4.99 Å². The summed E-state index contributed by atoms with van der Waals surface area (Å²) in [7, 11) is 3.76. The molecule has 0 aliphatic heterocycles. The third kappa shape index (κ3) is 4.28. The second-order valence-corrected chi connectivity index (χ2v) is 4.56. The minimum Gasteiger partial charge on any atom is -0.493 e. The quantitative estimate of drug-likeness (QED) is 0.493. The third-order valence-electron chi connectivity index (χ3n) is 2.69. The molecule has 0 aliphatic rings. The molecule has 0 fully saturated rings. The van der Waals surface area contributed by atoms with E-state index in [1.54, 1.807) is 4.90 Å². The molecule has 0 heterocycles. The molecular formula is C14H23N3O. The van der Waals surface area contributed by atoms with Crippen molar-refractivity contribution < 1.29 is 4.74 Å². The van der Waals surface area contributed by atoms with Gasteiger partial charge in [-0.05, 0) is 25.0 Å². The van der Waals surface area contributed by atoms with E-state index in [9.17, 15) is 0 Å². The van der Waals surface area contributed by atoms with E-state index in [0.29, 0.717) is 19.1 Å². The molecule has 4 nitrogen and oxygen atoms in total. The number of para-hydroxylation sites is 1. The van der Waals surface area contributed by atoms with Crippen LogP contribution in [0.3, 0.4) is 0 Å². The van der Waals surface area contributed by atoms with Crippen molar-refractivity contribution in [3.05, 3.63) is 29.3 Å². The highest BCUT2D eigenvalue weighted by Crippen LogP contribution is 2.22. The van der Waals surface area contributed by atoms with Gasteiger partial charge in [0.05, 0.1) is 6.61 Å². The van der Waals surface area contributed by atoms with Crippen molar-refractivity contribution in [2.75, 3.05) is 27.2 Å². The largest absolute Gasteiger partial charge is 0.493 e. The van der Waals surface area contributed by atoms with Gasteiger partial charge in [0.2, 0.25) is 0 Å². The summed E-state index contributed by atoms with van der Waals surface area (Å²) in [4.78, 5) is 6.04. The molecule has 1 rings (SSSR count). The van der Waals surface area contributed by atoms with Gasteiger partial charge in [0.25, 0.3) is 0 Å². The highest BCUT2D eigenvalue weighted by molar-refractivity contribution is 5.77. The number of guanidine groups is 1. The lowest BCUT2D eigenvalue weighted by molar-refractivity contribution is 0.309. The molecule has 1 aromatic carbocycles. The van der Waals surface area contributed by atoms with Gasteiger partial charge in [-0.25, -0.2) is 0 Å². The Hall–Kier alpha value is -1.71. The Bertz CT molecular complexity index is 393. The van der Waals surface area contributed by atoms with E-state index in [-0.39, 0.29) is 0 Å². The predicted molar refractivity (Wildman–Crippen MR) is 76.2 cm³/mol. The van der Waals surface area contributed by atoms with E-state index in [2.05, 4.69) is 31.0 Å². The third-order valence-corrected chi connectivity index (χ3v) is 2.69. The zero-order valence-corrected chi connectivity index (χ0v) is 11.7. The van der Waals surface area contributed by atoms with E-state index in [1.165, 1.54) is 11.1 Å². The Morgan fingerprint density at radius 1 is 1.28 bits per heavy atom. The SMILES string of the molecule is Cc1cccc(C)c1OCCCN=C(N)N(C)C. The molecule has 0 saturated heterocycles. The van der Waals surface area contributed by atoms with Crippen molar-refractivity contribution >= 4 is 5.96 Å². The first-order chi connectivity index (χ1) is 8.52. The van der Waals surface area contributed by atoms with Crippen molar-refractivity contribution in [3.8, 4) is 5.75 Å². The number of rotatable bonds is 5. The van der Waals surface area contributed by atoms with Crippen LogP contribution >= 0.6 is 0 Å². The smallest absolute Gasteiger partial charge is 0.190 e. The van der Waals surface area contributed by atoms with Crippen LogP contribution in [0.1, 0.15) is 17.5 Å². The van der Waals surface area contributed by atoms with Crippen LogP contribution in [0.2, 0.25) is 0 Å². The number of hydrogen-bond donors (Lipinski definition) is 1. The van der Waals surface area contributed by atoms with Gasteiger partial charge in [-0.15, -0.1) is 0 Å². The molecule has 0 bridgehead atoms. The van der Waals surface area contributed by atoms with Gasteiger partial charge in [-0.2, -0.15) is 0 Å². The number of hydrogen-bond acceptors (Lipinski definition) is 2. The standard InChI is InChI=1S/C14H23N3O/c1-11-7-5-8-12(2)13(11)18-10-6-9-16-14(15)17(3)4/h5,7-8H,6,9-10H2,1-4H3,(H2,15,16). The molecular weight excluding hydrogens is 226 g/mol. The Morgan fingerprint density at radius 2 is 1.89 bits per heavy atom. The maximum atomic E-state index is 5.79. The van der Waals surface area contributed by atoms with Crippen molar-refractivity contribution in [3.63, 3.8) is 0 Å². The van der Waals surface area contributed by atoms with E-state index < -0.39 is 0 Å². The highest BCUT2D eigenvalue weighted by atomic mass is 16.5. The molecule has 0 radical (unpaired) electrons. The number of benzene rings is 1. The molecule has 0 unspecified atom stereocenters. The molecule has 100 valence electrons. The molecule has 2 N–H and O–H groups in total. The number of aliphatic imine (C=N–C) groups is 1. The van der Waals surface area contributed by atoms with Crippen molar-refractivity contribution in [1.29, 1.82) is 0 Å². The fourth-order valence-electron chi connectivity index (χ4n) is 1.60. The summed E-state index contributed by atoms with van der Waals surface area (Å²) in [5.74, 6) is 1.55. The zero-order chi connectivity index (χ0) is 13.5. The van der Waals surface area contributed by atoms with Gasteiger partial charge < -0.3 is 15.4 Å². The molecule has 4 heteroatoms. The molecule has 0 aliphatic carbocycles. The van der Waals surface area contributed by atoms with Crippen LogP contribution in [0, 0.1) is 13.8 Å². The zero-order valence-electron chi connectivity index (χ0n) is 11.7. The lowest BCUT2D eigenvalue weighted by atomic mass is 10.1. The maximum absolute atomic E-state index is 5.79. The van der Waals surface area contributed by atoms with Crippen LogP contribution in [0.4, 0.5) is 0 Å². The Balaban J connectivity index is 2.37. The molecule has 18 heavy (non-hydrogen) atoms. The first-order valence-corrected chi connectivity index (χ1v) is 6.18. The monoisotopic (exact) mass is 249 g/mol. The number of aryl methyl sites for hydroxylation is 2. The molecule has 0 amide bonds. The van der Waals surface area contributed by atoms with Crippen LogP contribution in [-0.2, 0) is 0 Å². The van der Waals surface area contributed by atoms with E-state index in [1.807, 2.05) is 20.2 Å². The normalized spacial score (nSPS) is 11.4. The first-order valence-electron chi connectivity index (χ1n) is 6.18. The summed E-state index contributed by atoms with van der Waals surface area (Å²) in [6.07, 6.45) is 0.863. The van der Waals surface area contributed by atoms with E-state index in [4.69, 9.17) is 10.5 Å². The first kappa shape index (κ1) is 14.4. The van der Waals surface area contributed by atoms with Crippen molar-refractivity contribution in [2.24, 2.45) is 10.7 Å². The van der Waals surface area contributed by atoms with Crippen LogP contribution in [0.15, 0.2) is 23.2 Å². The Kier molecular flexibility index (Phi) is 5.49. The van der Waals surface area contributed by atoms with Crippen LogP contribution in [-0.4, -0.2) is 38.1 Å². The minimum atomic E-state index is 0.557. The molecule has 0 aromatic heterocycles. The number of nitrogens with zero attached hydrogens (tertiary/aromatic N) is 2. The van der Waals surface area contributed by atoms with Gasteiger partial charge in [0.15, 0.2) is 5.96 Å². The van der Waals surface area contributed by atoms with E-state index >= 15 is 0 Å². The summed E-state index contributed by atoms with van der Waals surface area (Å²) < 4.78 is 5.79. The van der Waals surface area contributed by atoms with E-state index in [0.717, 1.165) is 12.2 Å². The minimum absolute atomic E-state index is 0.557. The summed E-state index contributed by atoms with van der Waals surface area (Å²) >= 11 is 0. The van der Waals surface area contributed by atoms with Crippen LogP contribution in [0.5, 0.6) is 5.75 Å². The van der Waals surface area contributed by atoms with Gasteiger partial charge in [0, 0.05) is 27.1 Å². The Labute approximate surface area is 109 Å². The number of ether oxygens (including phenoxy) is 1. The summed E-state index contributed by atoms with van der Waals surface area (Å²) in [5.41, 5.74) is 8.04. The second-order valence-electron chi connectivity index (χ2n) is 4.56. The Morgan fingerprint density at radius 3 is 2.44 bits per heavy atom. The lowest BCUT2D eigenvalue weighted by Crippen LogP contribution is -2.30. The maximum Gasteiger partial charge on any atom is 0.190 e. The van der Waals surface area contributed by atoms with Crippen LogP contribution in [0.25, 0.3) is 0 Å². The summed E-state index contributed by atoms with van der Waals surface area (Å²) in [5, 5.41) is 0.